The van der Waals surface area contributed by atoms with Crippen molar-refractivity contribution >= 4 is 0 Å². The molecule has 1 saturated carbocycles. The van der Waals surface area contributed by atoms with Crippen LogP contribution in [0.25, 0.3) is 0 Å². The number of rotatable bonds is 8. The van der Waals surface area contributed by atoms with Gasteiger partial charge in [0.05, 0.1) is 12.2 Å². The highest BCUT2D eigenvalue weighted by Crippen LogP contribution is 2.30. The molecule has 2 rings (SSSR count). The van der Waals surface area contributed by atoms with Crippen molar-refractivity contribution in [1.29, 1.82) is 0 Å². The molecule has 0 saturated heterocycles. The molecule has 1 aromatic heterocycles. The molecule has 1 N–H and O–H groups in total. The lowest BCUT2D eigenvalue weighted by molar-refractivity contribution is 0.201. The summed E-state index contributed by atoms with van der Waals surface area (Å²) < 4.78 is 1.97. The van der Waals surface area contributed by atoms with Gasteiger partial charge in [0.2, 0.25) is 0 Å². The first-order chi connectivity index (χ1) is 9.83. The predicted octanol–water partition coefficient (Wildman–Crippen LogP) is 2.29. The maximum Gasteiger partial charge on any atom is 0.0965 e. The summed E-state index contributed by atoms with van der Waals surface area (Å²) in [6.07, 6.45) is 4.89. The van der Waals surface area contributed by atoms with Crippen molar-refractivity contribution in [2.75, 3.05) is 13.1 Å². The molecule has 0 radical (unpaired) electrons. The zero-order chi connectivity index (χ0) is 15.5. The van der Waals surface area contributed by atoms with Gasteiger partial charge in [-0.25, -0.2) is 0 Å². The molecule has 0 aromatic carbocycles. The van der Waals surface area contributed by atoms with Crippen LogP contribution in [0, 0.1) is 5.92 Å². The van der Waals surface area contributed by atoms with Gasteiger partial charge in [-0.15, -0.1) is 5.10 Å². The van der Waals surface area contributed by atoms with Gasteiger partial charge in [0.1, 0.15) is 0 Å². The molecule has 0 unspecified atom stereocenters. The maximum atomic E-state index is 4.25. The third-order valence-corrected chi connectivity index (χ3v) is 3.92. The Hall–Kier alpha value is -0.940. The largest absolute Gasteiger partial charge is 0.306 e. The highest BCUT2D eigenvalue weighted by molar-refractivity contribution is 4.93. The van der Waals surface area contributed by atoms with Crippen LogP contribution in [0.15, 0.2) is 6.20 Å². The van der Waals surface area contributed by atoms with Crippen LogP contribution in [-0.2, 0) is 13.1 Å². The Labute approximate surface area is 129 Å². The van der Waals surface area contributed by atoms with Gasteiger partial charge in [0, 0.05) is 37.4 Å². The fourth-order valence-electron chi connectivity index (χ4n) is 2.31. The standard InChI is InChI=1S/C16H31N5/c1-13(2)20(11-14-6-7-14)8-9-21-12-15(18-19-21)10-17-16(3,4)5/h12-14,17H,6-11H2,1-5H3. The van der Waals surface area contributed by atoms with Crippen molar-refractivity contribution in [3.63, 3.8) is 0 Å². The first-order valence-corrected chi connectivity index (χ1v) is 8.21. The highest BCUT2D eigenvalue weighted by Gasteiger charge is 2.25. The van der Waals surface area contributed by atoms with E-state index in [1.54, 1.807) is 0 Å². The lowest BCUT2D eigenvalue weighted by atomic mass is 10.1. The number of aromatic nitrogens is 3. The quantitative estimate of drug-likeness (QED) is 0.799. The zero-order valence-corrected chi connectivity index (χ0v) is 14.3. The van der Waals surface area contributed by atoms with Crippen molar-refractivity contribution in [2.24, 2.45) is 5.92 Å². The van der Waals surface area contributed by atoms with Gasteiger partial charge in [0.15, 0.2) is 0 Å². The summed E-state index contributed by atoms with van der Waals surface area (Å²) in [5.74, 6) is 0.940. The smallest absolute Gasteiger partial charge is 0.0965 e. The molecule has 21 heavy (non-hydrogen) atoms. The second-order valence-electron chi connectivity index (χ2n) is 7.61. The van der Waals surface area contributed by atoms with E-state index < -0.39 is 0 Å². The van der Waals surface area contributed by atoms with Gasteiger partial charge in [0.25, 0.3) is 0 Å². The fourth-order valence-corrected chi connectivity index (χ4v) is 2.31. The molecule has 1 fully saturated rings. The molecule has 5 heteroatoms. The average molecular weight is 293 g/mol. The van der Waals surface area contributed by atoms with Crippen LogP contribution in [-0.4, -0.2) is 44.6 Å². The first-order valence-electron chi connectivity index (χ1n) is 8.21. The first kappa shape index (κ1) is 16.4. The van der Waals surface area contributed by atoms with Crippen LogP contribution in [0.4, 0.5) is 0 Å². The molecule has 0 spiro atoms. The summed E-state index contributed by atoms with van der Waals surface area (Å²) in [7, 11) is 0. The van der Waals surface area contributed by atoms with Gasteiger partial charge in [-0.1, -0.05) is 5.21 Å². The second kappa shape index (κ2) is 6.88. The molecule has 0 bridgehead atoms. The Kier molecular flexibility index (Phi) is 5.38. The van der Waals surface area contributed by atoms with Gasteiger partial charge in [-0.05, 0) is 53.4 Å². The predicted molar refractivity (Wildman–Crippen MR) is 86.0 cm³/mol. The Morgan fingerprint density at radius 2 is 2.10 bits per heavy atom. The van der Waals surface area contributed by atoms with E-state index in [-0.39, 0.29) is 5.54 Å². The lowest BCUT2D eigenvalue weighted by Crippen LogP contribution is -2.35. The summed E-state index contributed by atoms with van der Waals surface area (Å²) in [5.41, 5.74) is 1.13. The van der Waals surface area contributed by atoms with E-state index in [1.807, 2.05) is 4.68 Å². The summed E-state index contributed by atoms with van der Waals surface area (Å²) in [6.45, 7) is 15.0. The van der Waals surface area contributed by atoms with E-state index in [0.717, 1.165) is 31.2 Å². The van der Waals surface area contributed by atoms with Crippen LogP contribution in [0.1, 0.15) is 53.2 Å². The van der Waals surface area contributed by atoms with Crippen molar-refractivity contribution in [3.8, 4) is 0 Å². The number of hydrogen-bond acceptors (Lipinski definition) is 4. The SMILES string of the molecule is CC(C)N(CCn1cc(CNC(C)(C)C)nn1)CC1CC1. The topological polar surface area (TPSA) is 46.0 Å². The van der Waals surface area contributed by atoms with Crippen molar-refractivity contribution in [2.45, 2.75) is 72.1 Å². The van der Waals surface area contributed by atoms with Crippen molar-refractivity contribution in [1.82, 2.24) is 25.2 Å². The van der Waals surface area contributed by atoms with E-state index >= 15 is 0 Å². The Balaban J connectivity index is 1.78. The van der Waals surface area contributed by atoms with E-state index in [1.165, 1.54) is 19.4 Å². The molecule has 120 valence electrons. The third kappa shape index (κ3) is 6.14. The fraction of sp³-hybridized carbons (Fsp3) is 0.875. The number of hydrogen-bond donors (Lipinski definition) is 1. The second-order valence-corrected chi connectivity index (χ2v) is 7.61. The van der Waals surface area contributed by atoms with Crippen molar-refractivity contribution < 1.29 is 0 Å². The van der Waals surface area contributed by atoms with E-state index in [0.29, 0.717) is 6.04 Å². The lowest BCUT2D eigenvalue weighted by Gasteiger charge is -2.26. The van der Waals surface area contributed by atoms with Crippen LogP contribution in [0.2, 0.25) is 0 Å². The zero-order valence-electron chi connectivity index (χ0n) is 14.3. The molecule has 0 aliphatic heterocycles. The average Bonchev–Trinajstić information content (AvgIpc) is 3.08. The molecule has 1 aliphatic carbocycles. The molecule has 1 aliphatic rings. The van der Waals surface area contributed by atoms with Crippen molar-refractivity contribution in [3.05, 3.63) is 11.9 Å². The van der Waals surface area contributed by atoms with Crippen LogP contribution in [0.5, 0.6) is 0 Å². The minimum absolute atomic E-state index is 0.114. The third-order valence-electron chi connectivity index (χ3n) is 3.92. The monoisotopic (exact) mass is 293 g/mol. The highest BCUT2D eigenvalue weighted by atomic mass is 15.4. The Morgan fingerprint density at radius 1 is 1.38 bits per heavy atom. The molecule has 0 atom stereocenters. The van der Waals surface area contributed by atoms with E-state index in [4.69, 9.17) is 0 Å². The van der Waals surface area contributed by atoms with Gasteiger partial charge in [-0.2, -0.15) is 0 Å². The molecular weight excluding hydrogens is 262 g/mol. The Bertz CT molecular complexity index is 428. The molecule has 1 aromatic rings. The van der Waals surface area contributed by atoms with Gasteiger partial charge in [-0.3, -0.25) is 9.58 Å². The van der Waals surface area contributed by atoms with Gasteiger partial charge >= 0.3 is 0 Å². The summed E-state index contributed by atoms with van der Waals surface area (Å²) in [5, 5.41) is 11.9. The summed E-state index contributed by atoms with van der Waals surface area (Å²) in [4.78, 5) is 2.56. The van der Waals surface area contributed by atoms with E-state index in [9.17, 15) is 0 Å². The maximum absolute atomic E-state index is 4.25. The summed E-state index contributed by atoms with van der Waals surface area (Å²) in [6, 6.07) is 0.608. The minimum Gasteiger partial charge on any atom is -0.306 e. The van der Waals surface area contributed by atoms with E-state index in [2.05, 4.69) is 61.3 Å². The molecule has 0 amide bonds. The molecule has 5 nitrogen and oxygen atoms in total. The number of nitrogens with one attached hydrogen (secondary N) is 1. The Morgan fingerprint density at radius 3 is 2.67 bits per heavy atom. The normalized spacial score (nSPS) is 16.1. The summed E-state index contributed by atoms with van der Waals surface area (Å²) >= 11 is 0. The van der Waals surface area contributed by atoms with Gasteiger partial charge < -0.3 is 5.32 Å². The van der Waals surface area contributed by atoms with Crippen LogP contribution < -0.4 is 5.32 Å². The minimum atomic E-state index is 0.114. The molecule has 1 heterocycles. The number of nitrogens with zero attached hydrogens (tertiary/aromatic N) is 4. The van der Waals surface area contributed by atoms with Crippen LogP contribution >= 0.6 is 0 Å². The molecular formula is C16H31N5. The van der Waals surface area contributed by atoms with Crippen LogP contribution in [0.3, 0.4) is 0 Å².